The van der Waals surface area contributed by atoms with E-state index < -0.39 is 0 Å². The van der Waals surface area contributed by atoms with Crippen LogP contribution in [0.4, 0.5) is 0 Å². The summed E-state index contributed by atoms with van der Waals surface area (Å²) in [5.41, 5.74) is 4.85. The van der Waals surface area contributed by atoms with E-state index in [-0.39, 0.29) is 0 Å². The highest BCUT2D eigenvalue weighted by atomic mass is 14.5. The lowest BCUT2D eigenvalue weighted by Gasteiger charge is -1.81. The maximum absolute atomic E-state index is 4.85. The van der Waals surface area contributed by atoms with Crippen LogP contribution >= 0.6 is 0 Å². The Labute approximate surface area is 58.9 Å². The summed E-state index contributed by atoms with van der Waals surface area (Å²) in [7, 11) is 0. The van der Waals surface area contributed by atoms with Gasteiger partial charge in [-0.2, -0.15) is 0 Å². The van der Waals surface area contributed by atoms with E-state index in [2.05, 4.69) is 13.5 Å². The molecule has 0 unspecified atom stereocenters. The van der Waals surface area contributed by atoms with E-state index >= 15 is 0 Å². The van der Waals surface area contributed by atoms with Gasteiger partial charge in [-0.25, -0.2) is 0 Å². The second kappa shape index (κ2) is 15.6. The second-order valence-corrected chi connectivity index (χ2v) is 1.84. The van der Waals surface area contributed by atoms with Gasteiger partial charge in [-0.1, -0.05) is 32.8 Å². The Balaban J connectivity index is 0. The lowest BCUT2D eigenvalue weighted by molar-refractivity contribution is 0.816. The Morgan fingerprint density at radius 2 is 1.89 bits per heavy atom. The molecule has 0 aromatic rings. The molecule has 0 aliphatic rings. The van der Waals surface area contributed by atoms with E-state index in [0.717, 1.165) is 6.54 Å². The minimum atomic E-state index is 0.750. The quantitative estimate of drug-likeness (QED) is 0.459. The molecule has 0 atom stereocenters. The first-order valence-electron chi connectivity index (χ1n) is 3.64. The Hall–Kier alpha value is -0.300. The summed E-state index contributed by atoms with van der Waals surface area (Å²) in [6.45, 7) is 8.43. The van der Waals surface area contributed by atoms with E-state index in [1.54, 1.807) is 0 Å². The maximum atomic E-state index is 4.85. The van der Waals surface area contributed by atoms with Crippen molar-refractivity contribution < 1.29 is 0 Å². The molecule has 0 saturated heterocycles. The summed E-state index contributed by atoms with van der Waals surface area (Å²) in [5, 5.41) is 0. The molecule has 1 nitrogen and oxygen atoms in total. The molecule has 0 spiro atoms. The molecule has 0 aliphatic carbocycles. The standard InChI is InChI=1S/C6H12.C2H7N/c1-3-5-6-4-2;1-2-3/h3H,1,4-6H2,2H3;2-3H2,1H3. The summed E-state index contributed by atoms with van der Waals surface area (Å²) in [6.07, 6.45) is 5.72. The summed E-state index contributed by atoms with van der Waals surface area (Å²) in [5.74, 6) is 0. The van der Waals surface area contributed by atoms with Gasteiger partial charge in [0, 0.05) is 0 Å². The molecular formula is C8H19N. The van der Waals surface area contributed by atoms with Crippen LogP contribution in [-0.4, -0.2) is 6.54 Å². The topological polar surface area (TPSA) is 26.0 Å². The minimum Gasteiger partial charge on any atom is -0.331 e. The van der Waals surface area contributed by atoms with Crippen LogP contribution in [0.2, 0.25) is 0 Å². The molecule has 0 fully saturated rings. The van der Waals surface area contributed by atoms with Crippen molar-refractivity contribution in [2.75, 3.05) is 6.54 Å². The van der Waals surface area contributed by atoms with Gasteiger partial charge in [0.05, 0.1) is 0 Å². The molecule has 0 aromatic carbocycles. The van der Waals surface area contributed by atoms with Crippen molar-refractivity contribution in [3.05, 3.63) is 12.7 Å². The normalized spacial score (nSPS) is 7.44. The monoisotopic (exact) mass is 129 g/mol. The highest BCUT2D eigenvalue weighted by Gasteiger charge is 1.71. The molecule has 1 heteroatoms. The fourth-order valence-corrected chi connectivity index (χ4v) is 0.348. The van der Waals surface area contributed by atoms with Gasteiger partial charge in [0.25, 0.3) is 0 Å². The smallest absolute Gasteiger partial charge is 0.0106 e. The van der Waals surface area contributed by atoms with E-state index in [4.69, 9.17) is 5.73 Å². The molecule has 0 radical (unpaired) electrons. The van der Waals surface area contributed by atoms with Crippen molar-refractivity contribution in [3.8, 4) is 0 Å². The van der Waals surface area contributed by atoms with Gasteiger partial charge in [-0.05, 0) is 13.0 Å². The molecule has 0 aromatic heterocycles. The van der Waals surface area contributed by atoms with Crippen molar-refractivity contribution in [2.24, 2.45) is 5.73 Å². The fraction of sp³-hybridized carbons (Fsp3) is 0.750. The summed E-state index contributed by atoms with van der Waals surface area (Å²) in [4.78, 5) is 0. The molecule has 0 heterocycles. The molecule has 0 amide bonds. The number of rotatable bonds is 3. The van der Waals surface area contributed by atoms with Gasteiger partial charge in [-0.3, -0.25) is 0 Å². The van der Waals surface area contributed by atoms with Crippen LogP contribution in [0.1, 0.15) is 33.1 Å². The first-order chi connectivity index (χ1) is 4.33. The summed E-state index contributed by atoms with van der Waals surface area (Å²) in [6, 6.07) is 0. The van der Waals surface area contributed by atoms with Gasteiger partial charge in [0.15, 0.2) is 0 Å². The first-order valence-corrected chi connectivity index (χ1v) is 3.64. The summed E-state index contributed by atoms with van der Waals surface area (Å²) < 4.78 is 0. The van der Waals surface area contributed by atoms with Gasteiger partial charge >= 0.3 is 0 Å². The number of hydrogen-bond donors (Lipinski definition) is 1. The highest BCUT2D eigenvalue weighted by Crippen LogP contribution is 1.91. The number of unbranched alkanes of at least 4 members (excludes halogenated alkanes) is 2. The molecule has 56 valence electrons. The average molecular weight is 129 g/mol. The molecular weight excluding hydrogens is 110 g/mol. The molecule has 0 rings (SSSR count). The van der Waals surface area contributed by atoms with Crippen LogP contribution < -0.4 is 5.73 Å². The molecule has 0 bridgehead atoms. The third-order valence-electron chi connectivity index (χ3n) is 0.762. The molecule has 0 aliphatic heterocycles. The van der Waals surface area contributed by atoms with E-state index in [0.29, 0.717) is 0 Å². The Morgan fingerprint density at radius 3 is 2.00 bits per heavy atom. The zero-order valence-corrected chi connectivity index (χ0v) is 6.69. The van der Waals surface area contributed by atoms with Crippen LogP contribution in [0.3, 0.4) is 0 Å². The van der Waals surface area contributed by atoms with Crippen LogP contribution in [0.25, 0.3) is 0 Å². The van der Waals surface area contributed by atoms with Crippen molar-refractivity contribution in [3.63, 3.8) is 0 Å². The van der Waals surface area contributed by atoms with E-state index in [1.165, 1.54) is 19.3 Å². The predicted molar refractivity (Wildman–Crippen MR) is 44.5 cm³/mol. The lowest BCUT2D eigenvalue weighted by Crippen LogP contribution is -1.87. The van der Waals surface area contributed by atoms with Crippen LogP contribution in [0.15, 0.2) is 12.7 Å². The largest absolute Gasteiger partial charge is 0.331 e. The van der Waals surface area contributed by atoms with E-state index in [1.807, 2.05) is 13.0 Å². The maximum Gasteiger partial charge on any atom is -0.0106 e. The van der Waals surface area contributed by atoms with Crippen molar-refractivity contribution in [2.45, 2.75) is 33.1 Å². The van der Waals surface area contributed by atoms with Crippen molar-refractivity contribution in [1.29, 1.82) is 0 Å². The molecule has 9 heavy (non-hydrogen) atoms. The van der Waals surface area contributed by atoms with Gasteiger partial charge in [0.2, 0.25) is 0 Å². The second-order valence-electron chi connectivity index (χ2n) is 1.84. The van der Waals surface area contributed by atoms with E-state index in [9.17, 15) is 0 Å². The summed E-state index contributed by atoms with van der Waals surface area (Å²) >= 11 is 0. The number of nitrogens with two attached hydrogens (primary N) is 1. The number of allylic oxidation sites excluding steroid dienone is 1. The van der Waals surface area contributed by atoms with Gasteiger partial charge in [0.1, 0.15) is 0 Å². The number of hydrogen-bond acceptors (Lipinski definition) is 1. The van der Waals surface area contributed by atoms with Gasteiger partial charge in [-0.15, -0.1) is 6.58 Å². The third kappa shape index (κ3) is 34.3. The fourth-order valence-electron chi connectivity index (χ4n) is 0.348. The average Bonchev–Trinajstić information content (AvgIpc) is 1.86. The van der Waals surface area contributed by atoms with Crippen LogP contribution in [0.5, 0.6) is 0 Å². The highest BCUT2D eigenvalue weighted by molar-refractivity contribution is 4.64. The van der Waals surface area contributed by atoms with Crippen LogP contribution in [-0.2, 0) is 0 Å². The van der Waals surface area contributed by atoms with Crippen LogP contribution in [0, 0.1) is 0 Å². The van der Waals surface area contributed by atoms with Gasteiger partial charge < -0.3 is 5.73 Å². The molecule has 2 N–H and O–H groups in total. The Morgan fingerprint density at radius 1 is 1.44 bits per heavy atom. The molecule has 0 saturated carbocycles. The predicted octanol–water partition coefficient (Wildman–Crippen LogP) is 2.33. The Bertz CT molecular complexity index is 41.8. The third-order valence-corrected chi connectivity index (χ3v) is 0.762. The van der Waals surface area contributed by atoms with Crippen molar-refractivity contribution in [1.82, 2.24) is 0 Å². The minimum absolute atomic E-state index is 0.750. The zero-order chi connectivity index (χ0) is 7.54. The SMILES string of the molecule is C=CCCCC.CCN. The lowest BCUT2D eigenvalue weighted by atomic mass is 10.3. The first kappa shape index (κ1) is 11.5. The zero-order valence-electron chi connectivity index (χ0n) is 6.69. The Kier molecular flexibility index (Phi) is 20.0. The van der Waals surface area contributed by atoms with Crippen molar-refractivity contribution >= 4 is 0 Å².